The summed E-state index contributed by atoms with van der Waals surface area (Å²) in [4.78, 5) is 22.9. The Labute approximate surface area is 172 Å². The van der Waals surface area contributed by atoms with Gasteiger partial charge in [-0.05, 0) is 18.6 Å². The molecule has 146 valence electrons. The first kappa shape index (κ1) is 20.1. The van der Waals surface area contributed by atoms with Crippen LogP contribution in [0.15, 0.2) is 42.5 Å². The third-order valence-electron chi connectivity index (χ3n) is 4.41. The van der Waals surface area contributed by atoms with Gasteiger partial charge in [-0.1, -0.05) is 34.3 Å². The highest BCUT2D eigenvalue weighted by Gasteiger charge is 2.25. The summed E-state index contributed by atoms with van der Waals surface area (Å²) in [5.74, 6) is 1.62. The molecule has 7 nitrogen and oxygen atoms in total. The molecule has 0 saturated carbocycles. The lowest BCUT2D eigenvalue weighted by molar-refractivity contribution is -0.661. The summed E-state index contributed by atoms with van der Waals surface area (Å²) in [6.07, 6.45) is 5.13. The van der Waals surface area contributed by atoms with Crippen LogP contribution in [-0.2, 0) is 4.74 Å². The van der Waals surface area contributed by atoms with Crippen LogP contribution in [0.5, 0.6) is 0 Å². The van der Waals surface area contributed by atoms with Crippen LogP contribution in [0.3, 0.4) is 0 Å². The lowest BCUT2D eigenvalue weighted by Crippen LogP contribution is -2.35. The number of terminal acetylenes is 1. The van der Waals surface area contributed by atoms with Gasteiger partial charge in [0, 0.05) is 31.2 Å². The highest BCUT2D eigenvalue weighted by molar-refractivity contribution is 6.33. The van der Waals surface area contributed by atoms with Gasteiger partial charge in [0.05, 0.1) is 26.8 Å². The molecule has 1 N–H and O–H groups in total. The minimum atomic E-state index is -0.616. The number of H-pyrrole nitrogens is 1. The Hall–Kier alpha value is -3.63. The number of aromatic nitrogens is 2. The van der Waals surface area contributed by atoms with Crippen LogP contribution in [0.25, 0.3) is 16.8 Å². The second-order valence-electron chi connectivity index (χ2n) is 6.28. The predicted molar refractivity (Wildman–Crippen MR) is 108 cm³/mol. The van der Waals surface area contributed by atoms with Crippen LogP contribution in [0.2, 0.25) is 5.02 Å². The van der Waals surface area contributed by atoms with Crippen molar-refractivity contribution in [2.45, 2.75) is 13.8 Å². The van der Waals surface area contributed by atoms with Crippen LogP contribution >= 0.6 is 11.6 Å². The minimum absolute atomic E-state index is 0.0130. The van der Waals surface area contributed by atoms with Gasteiger partial charge in [0.2, 0.25) is 11.4 Å². The number of nitrogens with zero attached hydrogens (tertiary/aromatic N) is 2. The van der Waals surface area contributed by atoms with Crippen molar-refractivity contribution in [2.75, 3.05) is 6.61 Å². The molecule has 0 radical (unpaired) electrons. The van der Waals surface area contributed by atoms with E-state index >= 15 is 0 Å². The van der Waals surface area contributed by atoms with Crippen molar-refractivity contribution in [3.8, 4) is 29.2 Å². The molecule has 2 aromatic carbocycles. The second-order valence-corrected chi connectivity index (χ2v) is 6.69. The lowest BCUT2D eigenvalue weighted by Gasteiger charge is -2.04. The first-order valence-electron chi connectivity index (χ1n) is 8.60. The Morgan fingerprint density at radius 3 is 2.76 bits per heavy atom. The maximum absolute atomic E-state index is 12.2. The number of hydrogen-bond acceptors (Lipinski definition) is 4. The smallest absolute Gasteiger partial charge is 0.340 e. The van der Waals surface area contributed by atoms with E-state index < -0.39 is 10.9 Å². The van der Waals surface area contributed by atoms with Gasteiger partial charge in [0.15, 0.2) is 6.61 Å². The van der Waals surface area contributed by atoms with Gasteiger partial charge in [0.1, 0.15) is 0 Å². The number of benzene rings is 2. The summed E-state index contributed by atoms with van der Waals surface area (Å²) >= 11 is 6.14. The molecule has 1 aromatic heterocycles. The minimum Gasteiger partial charge on any atom is -0.449 e. The van der Waals surface area contributed by atoms with E-state index in [1.165, 1.54) is 12.1 Å². The quantitative estimate of drug-likeness (QED) is 0.227. The van der Waals surface area contributed by atoms with Gasteiger partial charge in [-0.2, -0.15) is 5.10 Å². The van der Waals surface area contributed by atoms with Crippen LogP contribution in [0, 0.1) is 36.3 Å². The zero-order valence-corrected chi connectivity index (χ0v) is 16.5. The molecule has 0 aliphatic rings. The third-order valence-corrected chi connectivity index (χ3v) is 4.74. The molecule has 0 amide bonds. The number of nitrogens with one attached hydrogen (secondary N) is 1. The number of nitro benzene ring substituents is 1. The summed E-state index contributed by atoms with van der Waals surface area (Å²) in [6.45, 7) is 3.60. The predicted octanol–water partition coefficient (Wildman–Crippen LogP) is 3.93. The molecule has 0 saturated heterocycles. The Kier molecular flexibility index (Phi) is 5.66. The van der Waals surface area contributed by atoms with Crippen LogP contribution in [0.4, 0.5) is 5.69 Å². The molecule has 0 fully saturated rings. The number of carbonyl (C=O) groups excluding carboxylic acids is 1. The van der Waals surface area contributed by atoms with Crippen LogP contribution < -0.4 is 4.68 Å². The summed E-state index contributed by atoms with van der Waals surface area (Å²) < 4.78 is 6.75. The van der Waals surface area contributed by atoms with Crippen molar-refractivity contribution in [3.05, 3.63) is 74.6 Å². The Morgan fingerprint density at radius 2 is 2.07 bits per heavy atom. The molecule has 0 aliphatic carbocycles. The fourth-order valence-electron chi connectivity index (χ4n) is 3.14. The van der Waals surface area contributed by atoms with Crippen molar-refractivity contribution in [2.24, 2.45) is 0 Å². The SMILES string of the molecule is C#CCOC(=O)c1cc(-[n+]2[nH]c(C)c(-c3cccc([N+](=O)[O-])c3)c2C)ccc1Cl. The monoisotopic (exact) mass is 410 g/mol. The number of aromatic amines is 1. The molecule has 0 unspecified atom stereocenters. The van der Waals surface area contributed by atoms with Crippen molar-refractivity contribution in [1.82, 2.24) is 5.10 Å². The Balaban J connectivity index is 2.07. The molecule has 0 atom stereocenters. The van der Waals surface area contributed by atoms with Gasteiger partial charge in [-0.15, -0.1) is 6.42 Å². The summed E-state index contributed by atoms with van der Waals surface area (Å²) in [5, 5.41) is 14.6. The molecule has 0 bridgehead atoms. The topological polar surface area (TPSA) is 89.1 Å². The second kappa shape index (κ2) is 8.17. The first-order valence-corrected chi connectivity index (χ1v) is 8.98. The number of aryl methyl sites for hydroxylation is 1. The van der Waals surface area contributed by atoms with E-state index in [1.807, 2.05) is 19.9 Å². The molecule has 8 heteroatoms. The molecular weight excluding hydrogens is 394 g/mol. The van der Waals surface area contributed by atoms with Crippen LogP contribution in [0.1, 0.15) is 21.7 Å². The number of halogens is 1. The largest absolute Gasteiger partial charge is 0.449 e. The fraction of sp³-hybridized carbons (Fsp3) is 0.143. The van der Waals surface area contributed by atoms with Gasteiger partial charge in [-0.3, -0.25) is 10.1 Å². The van der Waals surface area contributed by atoms with E-state index in [4.69, 9.17) is 22.8 Å². The fourth-order valence-corrected chi connectivity index (χ4v) is 3.34. The van der Waals surface area contributed by atoms with Gasteiger partial charge in [0.25, 0.3) is 5.69 Å². The van der Waals surface area contributed by atoms with Gasteiger partial charge < -0.3 is 4.74 Å². The zero-order valence-electron chi connectivity index (χ0n) is 15.7. The van der Waals surface area contributed by atoms with Crippen molar-refractivity contribution < 1.29 is 19.1 Å². The number of esters is 1. The summed E-state index contributed by atoms with van der Waals surface area (Å²) in [6, 6.07) is 11.4. The number of ether oxygens (including phenoxy) is 1. The summed E-state index contributed by atoms with van der Waals surface area (Å²) in [5.41, 5.74) is 4.03. The van der Waals surface area contributed by atoms with E-state index in [1.54, 1.807) is 28.9 Å². The Bertz CT molecular complexity index is 1160. The Morgan fingerprint density at radius 1 is 1.31 bits per heavy atom. The van der Waals surface area contributed by atoms with E-state index in [0.717, 1.165) is 17.0 Å². The molecule has 1 heterocycles. The normalized spacial score (nSPS) is 10.4. The highest BCUT2D eigenvalue weighted by Crippen LogP contribution is 2.28. The average Bonchev–Trinajstić information content (AvgIpc) is 3.00. The number of nitro groups is 1. The number of hydrogen-bond donors (Lipinski definition) is 1. The molecule has 29 heavy (non-hydrogen) atoms. The van der Waals surface area contributed by atoms with Crippen molar-refractivity contribution >= 4 is 23.3 Å². The first-order chi connectivity index (χ1) is 13.8. The third kappa shape index (κ3) is 3.98. The van der Waals surface area contributed by atoms with E-state index in [2.05, 4.69) is 11.0 Å². The highest BCUT2D eigenvalue weighted by atomic mass is 35.5. The maximum Gasteiger partial charge on any atom is 0.340 e. The molecule has 0 aliphatic heterocycles. The standard InChI is InChI=1S/C21H16ClN3O4/c1-4-10-29-21(26)18-12-16(8-9-19(18)22)24-14(3)20(13(2)23-24)15-6-5-7-17(11-15)25(27)28/h1,5-9,11-12H,10H2,2-3H3/p+1. The summed E-state index contributed by atoms with van der Waals surface area (Å²) in [7, 11) is 0. The van der Waals surface area contributed by atoms with Gasteiger partial charge >= 0.3 is 5.97 Å². The molecular formula is C21H17ClN3O4+. The number of rotatable bonds is 5. The average molecular weight is 411 g/mol. The lowest BCUT2D eigenvalue weighted by atomic mass is 10.0. The van der Waals surface area contributed by atoms with E-state index in [0.29, 0.717) is 11.3 Å². The van der Waals surface area contributed by atoms with Gasteiger partial charge in [-0.25, -0.2) is 4.79 Å². The van der Waals surface area contributed by atoms with Crippen molar-refractivity contribution in [1.29, 1.82) is 0 Å². The number of carbonyl (C=O) groups is 1. The van der Waals surface area contributed by atoms with E-state index in [-0.39, 0.29) is 22.9 Å². The molecule has 3 rings (SSSR count). The van der Waals surface area contributed by atoms with E-state index in [9.17, 15) is 14.9 Å². The maximum atomic E-state index is 12.2. The molecule has 3 aromatic rings. The number of non-ortho nitro benzene ring substituents is 1. The molecule has 0 spiro atoms. The zero-order chi connectivity index (χ0) is 21.1. The van der Waals surface area contributed by atoms with Crippen LogP contribution in [-0.4, -0.2) is 22.6 Å². The van der Waals surface area contributed by atoms with Crippen molar-refractivity contribution in [3.63, 3.8) is 0 Å².